The van der Waals surface area contributed by atoms with Crippen LogP contribution in [-0.4, -0.2) is 75.0 Å². The molecule has 2 aliphatic heterocycles. The molecular formula is C16H31N3O2S. The summed E-state index contributed by atoms with van der Waals surface area (Å²) in [5.74, 6) is 1.70. The SMILES string of the molecule is CCNC(=NCC1(SC)CCOCC1)N1CCC(COC)C1. The van der Waals surface area contributed by atoms with Crippen molar-refractivity contribution in [3.05, 3.63) is 0 Å². The van der Waals surface area contributed by atoms with Crippen molar-refractivity contribution in [1.29, 1.82) is 0 Å². The molecule has 0 bridgehead atoms. The highest BCUT2D eigenvalue weighted by molar-refractivity contribution is 8.00. The summed E-state index contributed by atoms with van der Waals surface area (Å²) < 4.78 is 11.1. The zero-order valence-electron chi connectivity index (χ0n) is 14.3. The predicted molar refractivity (Wildman–Crippen MR) is 93.8 cm³/mol. The largest absolute Gasteiger partial charge is 0.384 e. The zero-order chi connectivity index (χ0) is 15.8. The van der Waals surface area contributed by atoms with Crippen molar-refractivity contribution >= 4 is 17.7 Å². The van der Waals surface area contributed by atoms with Gasteiger partial charge < -0.3 is 19.7 Å². The maximum atomic E-state index is 5.52. The van der Waals surface area contributed by atoms with Crippen LogP contribution >= 0.6 is 11.8 Å². The lowest BCUT2D eigenvalue weighted by Crippen LogP contribution is -2.42. The minimum atomic E-state index is 0.255. The Labute approximate surface area is 139 Å². The standard InChI is InChI=1S/C16H31N3O2S/c1-4-17-15(19-8-5-14(11-19)12-20-2)18-13-16(22-3)6-9-21-10-7-16/h14H,4-13H2,1-3H3,(H,17,18). The number of guanidine groups is 1. The van der Waals surface area contributed by atoms with Gasteiger partial charge in [0.25, 0.3) is 0 Å². The van der Waals surface area contributed by atoms with Crippen molar-refractivity contribution in [2.75, 3.05) is 59.4 Å². The Kier molecular flexibility index (Phi) is 7.31. The van der Waals surface area contributed by atoms with Crippen molar-refractivity contribution in [2.24, 2.45) is 10.9 Å². The number of ether oxygens (including phenoxy) is 2. The molecule has 6 heteroatoms. The van der Waals surface area contributed by atoms with E-state index in [0.29, 0.717) is 5.92 Å². The van der Waals surface area contributed by atoms with Gasteiger partial charge in [0.1, 0.15) is 0 Å². The Morgan fingerprint density at radius 1 is 1.45 bits per heavy atom. The summed E-state index contributed by atoms with van der Waals surface area (Å²) in [7, 11) is 1.79. The van der Waals surface area contributed by atoms with Crippen molar-refractivity contribution in [2.45, 2.75) is 30.9 Å². The first kappa shape index (κ1) is 17.9. The van der Waals surface area contributed by atoms with Gasteiger partial charge in [-0.3, -0.25) is 4.99 Å². The van der Waals surface area contributed by atoms with Crippen molar-refractivity contribution < 1.29 is 9.47 Å². The number of thioether (sulfide) groups is 1. The molecule has 2 heterocycles. The maximum Gasteiger partial charge on any atom is 0.193 e. The van der Waals surface area contributed by atoms with Crippen LogP contribution < -0.4 is 5.32 Å². The fraction of sp³-hybridized carbons (Fsp3) is 0.938. The van der Waals surface area contributed by atoms with Crippen molar-refractivity contribution in [3.63, 3.8) is 0 Å². The molecule has 22 heavy (non-hydrogen) atoms. The molecule has 2 fully saturated rings. The van der Waals surface area contributed by atoms with Gasteiger partial charge in [0.2, 0.25) is 0 Å². The molecule has 2 saturated heterocycles. The van der Waals surface area contributed by atoms with Crippen molar-refractivity contribution in [3.8, 4) is 0 Å². The van der Waals surface area contributed by atoms with E-state index in [2.05, 4.69) is 23.4 Å². The fourth-order valence-corrected chi connectivity index (χ4v) is 3.98. The summed E-state index contributed by atoms with van der Waals surface area (Å²) in [6.07, 6.45) is 5.60. The highest BCUT2D eigenvalue weighted by Crippen LogP contribution is 2.34. The molecular weight excluding hydrogens is 298 g/mol. The molecule has 0 saturated carbocycles. The highest BCUT2D eigenvalue weighted by Gasteiger charge is 2.32. The number of aliphatic imine (C=N–C) groups is 1. The average Bonchev–Trinajstić information content (AvgIpc) is 3.01. The molecule has 0 aromatic heterocycles. The first-order chi connectivity index (χ1) is 10.7. The lowest BCUT2D eigenvalue weighted by molar-refractivity contribution is 0.0793. The Morgan fingerprint density at radius 2 is 2.23 bits per heavy atom. The van der Waals surface area contributed by atoms with Crippen LogP contribution in [0.2, 0.25) is 0 Å². The summed E-state index contributed by atoms with van der Waals surface area (Å²) in [6, 6.07) is 0. The number of hydrogen-bond donors (Lipinski definition) is 1. The monoisotopic (exact) mass is 329 g/mol. The predicted octanol–water partition coefficient (Wildman–Crippen LogP) is 1.83. The van der Waals surface area contributed by atoms with Crippen LogP contribution in [0.1, 0.15) is 26.2 Å². The second-order valence-electron chi connectivity index (χ2n) is 6.23. The van der Waals surface area contributed by atoms with E-state index < -0.39 is 0 Å². The van der Waals surface area contributed by atoms with Crippen LogP contribution in [0.15, 0.2) is 4.99 Å². The number of methoxy groups -OCH3 is 1. The van der Waals surface area contributed by atoms with Gasteiger partial charge in [-0.2, -0.15) is 11.8 Å². The van der Waals surface area contributed by atoms with E-state index in [4.69, 9.17) is 14.5 Å². The molecule has 0 aliphatic carbocycles. The smallest absolute Gasteiger partial charge is 0.193 e. The van der Waals surface area contributed by atoms with Crippen LogP contribution in [0.5, 0.6) is 0 Å². The molecule has 0 radical (unpaired) electrons. The summed E-state index contributed by atoms with van der Waals surface area (Å²) in [5, 5.41) is 3.46. The van der Waals surface area contributed by atoms with E-state index in [1.807, 2.05) is 11.8 Å². The number of nitrogens with zero attached hydrogens (tertiary/aromatic N) is 2. The molecule has 1 atom stereocenters. The van der Waals surface area contributed by atoms with Gasteiger partial charge in [-0.15, -0.1) is 0 Å². The minimum absolute atomic E-state index is 0.255. The molecule has 0 aromatic carbocycles. The van der Waals surface area contributed by atoms with E-state index in [1.165, 1.54) is 6.42 Å². The number of hydrogen-bond acceptors (Lipinski definition) is 4. The summed E-state index contributed by atoms with van der Waals surface area (Å²) in [6.45, 7) is 8.65. The third-order valence-corrected chi connectivity index (χ3v) is 6.08. The zero-order valence-corrected chi connectivity index (χ0v) is 15.1. The fourth-order valence-electron chi connectivity index (χ4n) is 3.21. The lowest BCUT2D eigenvalue weighted by atomic mass is 9.99. The number of likely N-dealkylation sites (tertiary alicyclic amines) is 1. The maximum absolute atomic E-state index is 5.52. The van der Waals surface area contributed by atoms with Crippen molar-refractivity contribution in [1.82, 2.24) is 10.2 Å². The Hall–Kier alpha value is -0.460. The first-order valence-electron chi connectivity index (χ1n) is 8.38. The van der Waals surface area contributed by atoms with Crippen LogP contribution in [-0.2, 0) is 9.47 Å². The second kappa shape index (κ2) is 8.99. The Morgan fingerprint density at radius 3 is 2.86 bits per heavy atom. The van der Waals surface area contributed by atoms with Gasteiger partial charge in [-0.05, 0) is 32.4 Å². The molecule has 0 aromatic rings. The quantitative estimate of drug-likeness (QED) is 0.595. The highest BCUT2D eigenvalue weighted by atomic mass is 32.2. The van der Waals surface area contributed by atoms with E-state index in [9.17, 15) is 0 Å². The molecule has 2 aliphatic rings. The number of rotatable bonds is 6. The van der Waals surface area contributed by atoms with Crippen LogP contribution in [0.3, 0.4) is 0 Å². The molecule has 2 rings (SSSR count). The van der Waals surface area contributed by atoms with E-state index in [-0.39, 0.29) is 4.75 Å². The molecule has 128 valence electrons. The number of nitrogens with one attached hydrogen (secondary N) is 1. The van der Waals surface area contributed by atoms with Gasteiger partial charge in [-0.25, -0.2) is 0 Å². The topological polar surface area (TPSA) is 46.1 Å². The first-order valence-corrected chi connectivity index (χ1v) is 9.60. The Bertz CT molecular complexity index is 359. The third kappa shape index (κ3) is 4.77. The van der Waals surface area contributed by atoms with Gasteiger partial charge in [0.05, 0.1) is 13.2 Å². The summed E-state index contributed by atoms with van der Waals surface area (Å²) >= 11 is 1.95. The van der Waals surface area contributed by atoms with Crippen LogP contribution in [0, 0.1) is 5.92 Å². The summed E-state index contributed by atoms with van der Waals surface area (Å²) in [4.78, 5) is 7.36. The van der Waals surface area contributed by atoms with Gasteiger partial charge in [-0.1, -0.05) is 0 Å². The molecule has 0 spiro atoms. The molecule has 1 unspecified atom stereocenters. The van der Waals surface area contributed by atoms with E-state index in [0.717, 1.165) is 64.8 Å². The third-order valence-electron chi connectivity index (χ3n) is 4.68. The lowest BCUT2D eigenvalue weighted by Gasteiger charge is -2.34. The van der Waals surface area contributed by atoms with Crippen LogP contribution in [0.4, 0.5) is 0 Å². The molecule has 1 N–H and O–H groups in total. The van der Waals surface area contributed by atoms with Gasteiger partial charge in [0.15, 0.2) is 5.96 Å². The average molecular weight is 330 g/mol. The van der Waals surface area contributed by atoms with Gasteiger partial charge >= 0.3 is 0 Å². The molecule has 5 nitrogen and oxygen atoms in total. The molecule has 0 amide bonds. The normalized spacial score (nSPS) is 25.5. The van der Waals surface area contributed by atoms with Crippen LogP contribution in [0.25, 0.3) is 0 Å². The minimum Gasteiger partial charge on any atom is -0.384 e. The van der Waals surface area contributed by atoms with E-state index in [1.54, 1.807) is 7.11 Å². The van der Waals surface area contributed by atoms with E-state index >= 15 is 0 Å². The Balaban J connectivity index is 1.97. The summed E-state index contributed by atoms with van der Waals surface area (Å²) in [5.41, 5.74) is 0. The second-order valence-corrected chi connectivity index (χ2v) is 7.50. The van der Waals surface area contributed by atoms with Gasteiger partial charge in [0, 0.05) is 50.6 Å².